The minimum absolute atomic E-state index is 0.0220. The van der Waals surface area contributed by atoms with Gasteiger partial charge in [-0.3, -0.25) is 14.9 Å². The van der Waals surface area contributed by atoms with Crippen LogP contribution in [0.1, 0.15) is 13.8 Å². The Morgan fingerprint density at radius 2 is 2.28 bits per heavy atom. The first kappa shape index (κ1) is 14.2. The molecule has 1 aromatic heterocycles. The van der Waals surface area contributed by atoms with Gasteiger partial charge in [-0.25, -0.2) is 4.98 Å². The lowest BCUT2D eigenvalue weighted by Gasteiger charge is -2.13. The first-order chi connectivity index (χ1) is 8.45. The summed E-state index contributed by atoms with van der Waals surface area (Å²) < 4.78 is 0. The third-order valence-corrected chi connectivity index (χ3v) is 2.34. The molecule has 2 N–H and O–H groups in total. The van der Waals surface area contributed by atoms with Crippen LogP contribution in [0, 0.1) is 10.1 Å². The number of carbonyl (C=O) groups is 1. The number of pyridine rings is 1. The predicted molar refractivity (Wildman–Crippen MR) is 67.7 cm³/mol. The van der Waals surface area contributed by atoms with E-state index in [1.807, 2.05) is 0 Å². The topological polar surface area (TPSA) is 97.2 Å². The normalized spacial score (nSPS) is 11.7. The summed E-state index contributed by atoms with van der Waals surface area (Å²) in [5, 5.41) is 16.2. The number of hydrogen-bond donors (Lipinski definition) is 2. The van der Waals surface area contributed by atoms with Crippen LogP contribution in [0.4, 0.5) is 11.5 Å². The molecule has 0 spiro atoms. The van der Waals surface area contributed by atoms with Gasteiger partial charge in [-0.1, -0.05) is 11.6 Å². The van der Waals surface area contributed by atoms with E-state index in [2.05, 4.69) is 15.6 Å². The average molecular weight is 273 g/mol. The SMILES string of the molecule is CCNC(=O)C(C)Nc1nc(Cl)ccc1[N+](=O)[O-]. The van der Waals surface area contributed by atoms with Crippen molar-refractivity contribution in [1.29, 1.82) is 0 Å². The second kappa shape index (κ2) is 6.15. The molecule has 0 radical (unpaired) electrons. The van der Waals surface area contributed by atoms with Crippen LogP contribution in [0.3, 0.4) is 0 Å². The van der Waals surface area contributed by atoms with E-state index in [1.54, 1.807) is 13.8 Å². The number of aromatic nitrogens is 1. The van der Waals surface area contributed by atoms with Crippen LogP contribution in [0.5, 0.6) is 0 Å². The quantitative estimate of drug-likeness (QED) is 0.482. The average Bonchev–Trinajstić information content (AvgIpc) is 2.28. The monoisotopic (exact) mass is 272 g/mol. The fourth-order valence-corrected chi connectivity index (χ4v) is 1.43. The summed E-state index contributed by atoms with van der Waals surface area (Å²) in [6.07, 6.45) is 0. The summed E-state index contributed by atoms with van der Waals surface area (Å²) in [5.41, 5.74) is -0.226. The van der Waals surface area contributed by atoms with Crippen LogP contribution in [0.25, 0.3) is 0 Å². The Labute approximate surface area is 109 Å². The van der Waals surface area contributed by atoms with E-state index in [-0.39, 0.29) is 22.6 Å². The van der Waals surface area contributed by atoms with Gasteiger partial charge in [0.15, 0.2) is 0 Å². The Morgan fingerprint density at radius 1 is 1.61 bits per heavy atom. The Kier molecular flexibility index (Phi) is 4.85. The van der Waals surface area contributed by atoms with Gasteiger partial charge in [0, 0.05) is 12.6 Å². The molecular formula is C10H13ClN4O3. The standard InChI is InChI=1S/C10H13ClN4O3/c1-3-12-10(16)6(2)13-9-7(15(17)18)4-5-8(11)14-9/h4-6H,3H2,1-2H3,(H,12,16)(H,13,14). The highest BCUT2D eigenvalue weighted by Crippen LogP contribution is 2.24. The van der Waals surface area contributed by atoms with Gasteiger partial charge < -0.3 is 10.6 Å². The van der Waals surface area contributed by atoms with E-state index in [4.69, 9.17) is 11.6 Å². The van der Waals surface area contributed by atoms with Gasteiger partial charge in [-0.05, 0) is 19.9 Å². The van der Waals surface area contributed by atoms with E-state index in [0.717, 1.165) is 0 Å². The van der Waals surface area contributed by atoms with Gasteiger partial charge in [0.05, 0.1) is 4.92 Å². The van der Waals surface area contributed by atoms with Crippen molar-refractivity contribution in [3.8, 4) is 0 Å². The van der Waals surface area contributed by atoms with Crippen LogP contribution in [0.15, 0.2) is 12.1 Å². The predicted octanol–water partition coefficient (Wildman–Crippen LogP) is 1.58. The fraction of sp³-hybridized carbons (Fsp3) is 0.400. The number of rotatable bonds is 5. The lowest BCUT2D eigenvalue weighted by molar-refractivity contribution is -0.384. The fourth-order valence-electron chi connectivity index (χ4n) is 1.28. The van der Waals surface area contributed by atoms with Crippen molar-refractivity contribution in [2.75, 3.05) is 11.9 Å². The van der Waals surface area contributed by atoms with Crippen molar-refractivity contribution in [2.45, 2.75) is 19.9 Å². The molecule has 0 bridgehead atoms. The van der Waals surface area contributed by atoms with E-state index in [0.29, 0.717) is 6.54 Å². The van der Waals surface area contributed by atoms with Crippen LogP contribution >= 0.6 is 11.6 Å². The molecule has 0 aliphatic rings. The minimum atomic E-state index is -0.644. The van der Waals surface area contributed by atoms with Crippen molar-refractivity contribution in [2.24, 2.45) is 0 Å². The highest BCUT2D eigenvalue weighted by molar-refractivity contribution is 6.29. The maximum absolute atomic E-state index is 11.5. The molecular weight excluding hydrogens is 260 g/mol. The zero-order valence-corrected chi connectivity index (χ0v) is 10.7. The third kappa shape index (κ3) is 3.56. The number of nitro groups is 1. The van der Waals surface area contributed by atoms with Crippen LogP contribution in [0.2, 0.25) is 5.15 Å². The highest BCUT2D eigenvalue weighted by Gasteiger charge is 2.20. The molecule has 0 aliphatic heterocycles. The largest absolute Gasteiger partial charge is 0.355 e. The zero-order chi connectivity index (χ0) is 13.7. The lowest BCUT2D eigenvalue weighted by Crippen LogP contribution is -2.37. The first-order valence-electron chi connectivity index (χ1n) is 5.31. The maximum atomic E-state index is 11.5. The zero-order valence-electron chi connectivity index (χ0n) is 9.94. The number of nitrogens with one attached hydrogen (secondary N) is 2. The number of hydrogen-bond acceptors (Lipinski definition) is 5. The summed E-state index contributed by atoms with van der Waals surface area (Å²) >= 11 is 5.67. The van der Waals surface area contributed by atoms with Gasteiger partial charge in [0.1, 0.15) is 11.2 Å². The molecule has 0 fully saturated rings. The molecule has 1 aromatic rings. The van der Waals surface area contributed by atoms with Crippen molar-refractivity contribution < 1.29 is 9.72 Å². The number of amides is 1. The third-order valence-electron chi connectivity index (χ3n) is 2.13. The summed E-state index contributed by atoms with van der Waals surface area (Å²) in [4.78, 5) is 25.5. The summed E-state index contributed by atoms with van der Waals surface area (Å²) in [6.45, 7) is 3.85. The Balaban J connectivity index is 2.92. The van der Waals surface area contributed by atoms with Crippen LogP contribution in [-0.2, 0) is 4.79 Å². The number of carbonyl (C=O) groups excluding carboxylic acids is 1. The number of likely N-dealkylation sites (N-methyl/N-ethyl adjacent to an activating group) is 1. The molecule has 8 heteroatoms. The second-order valence-electron chi connectivity index (χ2n) is 3.52. The van der Waals surface area contributed by atoms with Crippen molar-refractivity contribution in [1.82, 2.24) is 10.3 Å². The van der Waals surface area contributed by atoms with E-state index >= 15 is 0 Å². The van der Waals surface area contributed by atoms with Crippen LogP contribution < -0.4 is 10.6 Å². The molecule has 98 valence electrons. The molecule has 1 heterocycles. The lowest BCUT2D eigenvalue weighted by atomic mass is 10.3. The molecule has 0 saturated carbocycles. The Morgan fingerprint density at radius 3 is 2.83 bits per heavy atom. The van der Waals surface area contributed by atoms with E-state index in [9.17, 15) is 14.9 Å². The van der Waals surface area contributed by atoms with E-state index < -0.39 is 11.0 Å². The summed E-state index contributed by atoms with van der Waals surface area (Å²) in [6, 6.07) is 1.92. The number of halogens is 1. The Hall–Kier alpha value is -1.89. The summed E-state index contributed by atoms with van der Waals surface area (Å²) in [5.74, 6) is -0.292. The molecule has 1 rings (SSSR count). The maximum Gasteiger partial charge on any atom is 0.311 e. The molecule has 0 aromatic carbocycles. The summed E-state index contributed by atoms with van der Waals surface area (Å²) in [7, 11) is 0. The smallest absolute Gasteiger partial charge is 0.311 e. The second-order valence-corrected chi connectivity index (χ2v) is 3.91. The molecule has 1 unspecified atom stereocenters. The number of nitrogens with zero attached hydrogens (tertiary/aromatic N) is 2. The Bertz CT molecular complexity index is 466. The van der Waals surface area contributed by atoms with Gasteiger partial charge >= 0.3 is 5.69 Å². The van der Waals surface area contributed by atoms with Crippen molar-refractivity contribution in [3.05, 3.63) is 27.4 Å². The van der Waals surface area contributed by atoms with Crippen LogP contribution in [-0.4, -0.2) is 28.4 Å². The van der Waals surface area contributed by atoms with E-state index in [1.165, 1.54) is 12.1 Å². The highest BCUT2D eigenvalue weighted by atomic mass is 35.5. The van der Waals surface area contributed by atoms with Crippen molar-refractivity contribution in [3.63, 3.8) is 0 Å². The molecule has 0 saturated heterocycles. The van der Waals surface area contributed by atoms with Gasteiger partial charge in [-0.15, -0.1) is 0 Å². The molecule has 1 amide bonds. The van der Waals surface area contributed by atoms with Gasteiger partial charge in [0.2, 0.25) is 11.7 Å². The molecule has 1 atom stereocenters. The van der Waals surface area contributed by atoms with Gasteiger partial charge in [-0.2, -0.15) is 0 Å². The minimum Gasteiger partial charge on any atom is -0.355 e. The molecule has 18 heavy (non-hydrogen) atoms. The first-order valence-corrected chi connectivity index (χ1v) is 5.68. The van der Waals surface area contributed by atoms with Gasteiger partial charge in [0.25, 0.3) is 0 Å². The van der Waals surface area contributed by atoms with Crippen molar-refractivity contribution >= 4 is 29.0 Å². The number of anilines is 1. The molecule has 0 aliphatic carbocycles. The molecule has 7 nitrogen and oxygen atoms in total.